The second kappa shape index (κ2) is 12.9. The molecule has 1 aliphatic carbocycles. The number of hydrogen-bond acceptors (Lipinski definition) is 6. The Kier molecular flexibility index (Phi) is 9.99. The van der Waals surface area contributed by atoms with Crippen LogP contribution in [0.2, 0.25) is 0 Å². The van der Waals surface area contributed by atoms with E-state index < -0.39 is 6.04 Å². The summed E-state index contributed by atoms with van der Waals surface area (Å²) in [5.41, 5.74) is 0.999. The molecule has 1 saturated carbocycles. The molecule has 1 aromatic heterocycles. The molecule has 8 nitrogen and oxygen atoms in total. The number of carbonyl (C=O) groups is 3. The van der Waals surface area contributed by atoms with Gasteiger partial charge in [0.25, 0.3) is 0 Å². The summed E-state index contributed by atoms with van der Waals surface area (Å²) in [6.45, 7) is 2.64. The van der Waals surface area contributed by atoms with Gasteiger partial charge in [0.1, 0.15) is 6.04 Å². The quantitative estimate of drug-likeness (QED) is 0.588. The summed E-state index contributed by atoms with van der Waals surface area (Å²) >= 11 is 1.62. The molecule has 2 fully saturated rings. The fraction of sp³-hybridized carbons (Fsp3) is 0.667. The van der Waals surface area contributed by atoms with Crippen LogP contribution < -0.4 is 5.32 Å². The van der Waals surface area contributed by atoms with Crippen molar-refractivity contribution >= 4 is 29.5 Å². The number of ether oxygens (including phenoxy) is 1. The molecular formula is C24H36N4O4S. The third-order valence-electron chi connectivity index (χ3n) is 6.32. The van der Waals surface area contributed by atoms with Gasteiger partial charge in [-0.05, 0) is 49.0 Å². The van der Waals surface area contributed by atoms with Crippen LogP contribution in [0.25, 0.3) is 0 Å². The lowest BCUT2D eigenvalue weighted by molar-refractivity contribution is -0.142. The molecular weight excluding hydrogens is 440 g/mol. The lowest BCUT2D eigenvalue weighted by Crippen LogP contribution is -2.51. The maximum Gasteiger partial charge on any atom is 0.245 e. The number of amides is 3. The highest BCUT2D eigenvalue weighted by molar-refractivity contribution is 7.98. The van der Waals surface area contributed by atoms with Crippen LogP contribution in [0.4, 0.5) is 0 Å². The molecule has 0 radical (unpaired) electrons. The molecule has 1 N–H and O–H groups in total. The predicted molar refractivity (Wildman–Crippen MR) is 129 cm³/mol. The SMILES string of the molecule is CSCC[C@H](NC(C)=O)C(=O)N1CC(=O)N(C2CCCCC2)CC(OCc2ccncc2)C1. The average Bonchev–Trinajstić information content (AvgIpc) is 2.99. The highest BCUT2D eigenvalue weighted by atomic mass is 32.2. The summed E-state index contributed by atoms with van der Waals surface area (Å²) in [5.74, 6) is 0.256. The summed E-state index contributed by atoms with van der Waals surface area (Å²) in [5, 5.41) is 2.78. The lowest BCUT2D eigenvalue weighted by atomic mass is 9.94. The van der Waals surface area contributed by atoms with E-state index in [9.17, 15) is 14.4 Å². The van der Waals surface area contributed by atoms with Crippen LogP contribution in [-0.2, 0) is 25.7 Å². The standard InChI is InChI=1S/C24H36N4O4S/c1-18(29)26-22(10-13-33-2)24(31)27-14-21(32-17-19-8-11-25-12-9-19)15-28(23(30)16-27)20-6-4-3-5-7-20/h8-9,11-12,20-22H,3-7,10,13-17H2,1-2H3,(H,26,29)/t21?,22-/m0/s1. The first-order chi connectivity index (χ1) is 16.0. The third kappa shape index (κ3) is 7.71. The Morgan fingerprint density at radius 1 is 1.21 bits per heavy atom. The number of rotatable bonds is 9. The van der Waals surface area contributed by atoms with Crippen LogP contribution in [0.3, 0.4) is 0 Å². The molecule has 3 rings (SSSR count). The fourth-order valence-electron chi connectivity index (χ4n) is 4.61. The first-order valence-corrected chi connectivity index (χ1v) is 13.2. The maximum atomic E-state index is 13.4. The van der Waals surface area contributed by atoms with E-state index in [0.29, 0.717) is 26.1 Å². The Labute approximate surface area is 200 Å². The first-order valence-electron chi connectivity index (χ1n) is 11.8. The summed E-state index contributed by atoms with van der Waals surface area (Å²) in [6.07, 6.45) is 11.1. The minimum Gasteiger partial charge on any atom is -0.370 e. The predicted octanol–water partition coefficient (Wildman–Crippen LogP) is 2.23. The number of pyridine rings is 1. The Morgan fingerprint density at radius 2 is 1.94 bits per heavy atom. The number of nitrogens with one attached hydrogen (secondary N) is 1. The monoisotopic (exact) mass is 476 g/mol. The van der Waals surface area contributed by atoms with Crippen molar-refractivity contribution in [2.45, 2.75) is 70.2 Å². The van der Waals surface area contributed by atoms with Crippen LogP contribution in [0.1, 0.15) is 51.0 Å². The molecule has 2 atom stereocenters. The lowest BCUT2D eigenvalue weighted by Gasteiger charge is -2.34. The van der Waals surface area contributed by atoms with Gasteiger partial charge in [-0.2, -0.15) is 11.8 Å². The summed E-state index contributed by atoms with van der Waals surface area (Å²) in [7, 11) is 0. The summed E-state index contributed by atoms with van der Waals surface area (Å²) < 4.78 is 6.23. The molecule has 0 spiro atoms. The van der Waals surface area contributed by atoms with Crippen molar-refractivity contribution in [3.8, 4) is 0 Å². The van der Waals surface area contributed by atoms with E-state index in [4.69, 9.17) is 4.74 Å². The third-order valence-corrected chi connectivity index (χ3v) is 6.96. The van der Waals surface area contributed by atoms with Gasteiger partial charge in [-0.1, -0.05) is 19.3 Å². The molecule has 2 aliphatic rings. The molecule has 33 heavy (non-hydrogen) atoms. The van der Waals surface area contributed by atoms with E-state index in [1.54, 1.807) is 29.1 Å². The average molecular weight is 477 g/mol. The van der Waals surface area contributed by atoms with Crippen LogP contribution >= 0.6 is 11.8 Å². The highest BCUT2D eigenvalue weighted by Gasteiger charge is 2.36. The number of carbonyl (C=O) groups excluding carboxylic acids is 3. The fourth-order valence-corrected chi connectivity index (χ4v) is 5.09. The van der Waals surface area contributed by atoms with Gasteiger partial charge in [-0.25, -0.2) is 0 Å². The van der Waals surface area contributed by atoms with E-state index in [2.05, 4.69) is 10.3 Å². The number of hydrogen-bond donors (Lipinski definition) is 1. The molecule has 0 aromatic carbocycles. The molecule has 9 heteroatoms. The summed E-state index contributed by atoms with van der Waals surface area (Å²) in [6, 6.07) is 3.37. The van der Waals surface area contributed by atoms with Crippen LogP contribution in [0.15, 0.2) is 24.5 Å². The molecule has 2 heterocycles. The van der Waals surface area contributed by atoms with Crippen molar-refractivity contribution in [2.24, 2.45) is 0 Å². The van der Waals surface area contributed by atoms with Crippen molar-refractivity contribution in [3.63, 3.8) is 0 Å². The van der Waals surface area contributed by atoms with Gasteiger partial charge in [0.2, 0.25) is 17.7 Å². The maximum absolute atomic E-state index is 13.4. The van der Waals surface area contributed by atoms with Gasteiger partial charge in [-0.15, -0.1) is 0 Å². The van der Waals surface area contributed by atoms with Crippen molar-refractivity contribution in [1.82, 2.24) is 20.1 Å². The normalized spacial score (nSPS) is 20.9. The van der Waals surface area contributed by atoms with Crippen molar-refractivity contribution in [2.75, 3.05) is 31.6 Å². The van der Waals surface area contributed by atoms with Gasteiger partial charge in [-0.3, -0.25) is 19.4 Å². The van der Waals surface area contributed by atoms with Gasteiger partial charge in [0, 0.05) is 38.4 Å². The molecule has 1 aliphatic heterocycles. The second-order valence-corrected chi connectivity index (χ2v) is 9.87. The molecule has 0 bridgehead atoms. The number of nitrogens with zero attached hydrogens (tertiary/aromatic N) is 3. The minimum absolute atomic E-state index is 0.0276. The van der Waals surface area contributed by atoms with Crippen molar-refractivity contribution in [1.29, 1.82) is 0 Å². The smallest absolute Gasteiger partial charge is 0.245 e. The Hall–Kier alpha value is -2.13. The van der Waals surface area contributed by atoms with Gasteiger partial charge < -0.3 is 19.9 Å². The van der Waals surface area contributed by atoms with E-state index in [-0.39, 0.29) is 36.4 Å². The van der Waals surface area contributed by atoms with Gasteiger partial charge in [0.05, 0.1) is 19.3 Å². The highest BCUT2D eigenvalue weighted by Crippen LogP contribution is 2.25. The number of aromatic nitrogens is 1. The van der Waals surface area contributed by atoms with Crippen molar-refractivity contribution < 1.29 is 19.1 Å². The molecule has 182 valence electrons. The Balaban J connectivity index is 1.77. The van der Waals surface area contributed by atoms with E-state index in [1.807, 2.05) is 23.3 Å². The van der Waals surface area contributed by atoms with Crippen LogP contribution in [0, 0.1) is 0 Å². The van der Waals surface area contributed by atoms with Crippen molar-refractivity contribution in [3.05, 3.63) is 30.1 Å². The molecule has 1 saturated heterocycles. The zero-order valence-electron chi connectivity index (χ0n) is 19.7. The van der Waals surface area contributed by atoms with E-state index >= 15 is 0 Å². The summed E-state index contributed by atoms with van der Waals surface area (Å²) in [4.78, 5) is 46.0. The molecule has 3 amide bonds. The second-order valence-electron chi connectivity index (χ2n) is 8.88. The van der Waals surface area contributed by atoms with Crippen LogP contribution in [0.5, 0.6) is 0 Å². The molecule has 1 unspecified atom stereocenters. The van der Waals surface area contributed by atoms with E-state index in [0.717, 1.165) is 37.0 Å². The zero-order valence-corrected chi connectivity index (χ0v) is 20.5. The Morgan fingerprint density at radius 3 is 2.61 bits per heavy atom. The van der Waals surface area contributed by atoms with Gasteiger partial charge >= 0.3 is 0 Å². The largest absolute Gasteiger partial charge is 0.370 e. The first kappa shape index (κ1) is 25.5. The number of thioether (sulfide) groups is 1. The van der Waals surface area contributed by atoms with E-state index in [1.165, 1.54) is 13.3 Å². The Bertz CT molecular complexity index is 788. The minimum atomic E-state index is -0.634. The van der Waals surface area contributed by atoms with Gasteiger partial charge in [0.15, 0.2) is 0 Å². The zero-order chi connectivity index (χ0) is 23.6. The van der Waals surface area contributed by atoms with Crippen LogP contribution in [-0.4, -0.2) is 82.3 Å². The molecule has 1 aromatic rings. The topological polar surface area (TPSA) is 91.8 Å².